The van der Waals surface area contributed by atoms with Crippen LogP contribution < -0.4 is 5.32 Å². The van der Waals surface area contributed by atoms with E-state index >= 15 is 0 Å². The fourth-order valence-electron chi connectivity index (χ4n) is 2.25. The van der Waals surface area contributed by atoms with E-state index in [1.54, 1.807) is 0 Å². The highest BCUT2D eigenvalue weighted by Crippen LogP contribution is 2.29. The Kier molecular flexibility index (Phi) is 3.57. The van der Waals surface area contributed by atoms with Crippen LogP contribution in [-0.4, -0.2) is 12.1 Å². The highest BCUT2D eigenvalue weighted by molar-refractivity contribution is 4.82. The van der Waals surface area contributed by atoms with Crippen molar-refractivity contribution in [3.63, 3.8) is 0 Å². The molecule has 0 aliphatic heterocycles. The summed E-state index contributed by atoms with van der Waals surface area (Å²) >= 11 is 0. The SMILES string of the molecule is CC(C)N[C@@H]1CCC[C@@H](C)[C@@H]1C. The summed E-state index contributed by atoms with van der Waals surface area (Å²) in [7, 11) is 0. The Morgan fingerprint density at radius 2 is 1.83 bits per heavy atom. The first-order valence-electron chi connectivity index (χ1n) is 5.37. The molecule has 1 aliphatic carbocycles. The third-order valence-electron chi connectivity index (χ3n) is 3.25. The molecule has 1 nitrogen and oxygen atoms in total. The molecule has 1 heteroatoms. The summed E-state index contributed by atoms with van der Waals surface area (Å²) in [4.78, 5) is 0. The van der Waals surface area contributed by atoms with E-state index in [0.717, 1.165) is 17.9 Å². The Labute approximate surface area is 76.9 Å². The molecule has 3 atom stereocenters. The first kappa shape index (κ1) is 10.0. The molecular weight excluding hydrogens is 146 g/mol. The fourth-order valence-corrected chi connectivity index (χ4v) is 2.25. The van der Waals surface area contributed by atoms with E-state index in [1.807, 2.05) is 0 Å². The van der Waals surface area contributed by atoms with E-state index in [9.17, 15) is 0 Å². The zero-order valence-corrected chi connectivity index (χ0v) is 8.93. The fraction of sp³-hybridized carbons (Fsp3) is 1.00. The minimum absolute atomic E-state index is 0.641. The van der Waals surface area contributed by atoms with Gasteiger partial charge in [0.05, 0.1) is 0 Å². The van der Waals surface area contributed by atoms with Crippen molar-refractivity contribution in [1.82, 2.24) is 5.32 Å². The summed E-state index contributed by atoms with van der Waals surface area (Å²) in [5.74, 6) is 1.77. The molecule has 0 amide bonds. The third-order valence-corrected chi connectivity index (χ3v) is 3.25. The Balaban J connectivity index is 2.41. The van der Waals surface area contributed by atoms with Crippen LogP contribution in [0.2, 0.25) is 0 Å². The number of hydrogen-bond acceptors (Lipinski definition) is 1. The Morgan fingerprint density at radius 1 is 1.17 bits per heavy atom. The summed E-state index contributed by atoms with van der Waals surface area (Å²) in [6, 6.07) is 1.41. The summed E-state index contributed by atoms with van der Waals surface area (Å²) < 4.78 is 0. The van der Waals surface area contributed by atoms with Crippen LogP contribution in [0, 0.1) is 11.8 Å². The molecule has 1 rings (SSSR count). The predicted octanol–water partition coefficient (Wildman–Crippen LogP) is 2.81. The van der Waals surface area contributed by atoms with Crippen molar-refractivity contribution in [2.45, 2.75) is 59.0 Å². The molecule has 0 aromatic carbocycles. The third kappa shape index (κ3) is 2.48. The monoisotopic (exact) mass is 169 g/mol. The molecule has 1 saturated carbocycles. The van der Waals surface area contributed by atoms with Crippen LogP contribution in [-0.2, 0) is 0 Å². The van der Waals surface area contributed by atoms with Crippen LogP contribution in [0.4, 0.5) is 0 Å². The molecule has 0 saturated heterocycles. The van der Waals surface area contributed by atoms with Crippen molar-refractivity contribution < 1.29 is 0 Å². The standard InChI is InChI=1S/C11H23N/c1-8(2)12-11-7-5-6-9(3)10(11)4/h8-12H,5-7H2,1-4H3/t9-,10+,11-/m1/s1. The second-order valence-electron chi connectivity index (χ2n) is 4.70. The van der Waals surface area contributed by atoms with Crippen LogP contribution >= 0.6 is 0 Å². The Bertz CT molecular complexity index is 131. The first-order chi connectivity index (χ1) is 5.61. The molecule has 72 valence electrons. The maximum absolute atomic E-state index is 3.66. The van der Waals surface area contributed by atoms with Crippen molar-refractivity contribution >= 4 is 0 Å². The quantitative estimate of drug-likeness (QED) is 0.670. The predicted molar refractivity (Wildman–Crippen MR) is 54.2 cm³/mol. The van der Waals surface area contributed by atoms with Crippen molar-refractivity contribution in [2.24, 2.45) is 11.8 Å². The van der Waals surface area contributed by atoms with Gasteiger partial charge in [-0.1, -0.05) is 40.5 Å². The van der Waals surface area contributed by atoms with Gasteiger partial charge in [-0.25, -0.2) is 0 Å². The van der Waals surface area contributed by atoms with E-state index < -0.39 is 0 Å². The average molecular weight is 169 g/mol. The zero-order chi connectivity index (χ0) is 9.14. The van der Waals surface area contributed by atoms with Gasteiger partial charge >= 0.3 is 0 Å². The van der Waals surface area contributed by atoms with E-state index in [2.05, 4.69) is 33.0 Å². The smallest absolute Gasteiger partial charge is 0.00975 e. The number of nitrogens with one attached hydrogen (secondary N) is 1. The van der Waals surface area contributed by atoms with Crippen LogP contribution in [0.1, 0.15) is 47.0 Å². The lowest BCUT2D eigenvalue weighted by molar-refractivity contribution is 0.198. The normalized spacial score (nSPS) is 37.2. The summed E-state index contributed by atoms with van der Waals surface area (Å²) in [5, 5.41) is 3.66. The van der Waals surface area contributed by atoms with Gasteiger partial charge in [0.25, 0.3) is 0 Å². The molecule has 0 heterocycles. The molecule has 0 aromatic heterocycles. The Morgan fingerprint density at radius 3 is 2.42 bits per heavy atom. The summed E-state index contributed by atoms with van der Waals surface area (Å²) in [5.41, 5.74) is 0. The van der Waals surface area contributed by atoms with Gasteiger partial charge in [0, 0.05) is 12.1 Å². The van der Waals surface area contributed by atoms with Gasteiger partial charge in [0.15, 0.2) is 0 Å². The second kappa shape index (κ2) is 4.27. The van der Waals surface area contributed by atoms with Crippen LogP contribution in [0.3, 0.4) is 0 Å². The van der Waals surface area contributed by atoms with Crippen LogP contribution in [0.5, 0.6) is 0 Å². The average Bonchev–Trinajstić information content (AvgIpc) is 1.98. The van der Waals surface area contributed by atoms with E-state index in [1.165, 1.54) is 19.3 Å². The van der Waals surface area contributed by atoms with Gasteiger partial charge in [-0.15, -0.1) is 0 Å². The highest BCUT2D eigenvalue weighted by atomic mass is 14.9. The largest absolute Gasteiger partial charge is 0.312 e. The minimum atomic E-state index is 0.641. The number of rotatable bonds is 2. The second-order valence-corrected chi connectivity index (χ2v) is 4.70. The van der Waals surface area contributed by atoms with Crippen LogP contribution in [0.25, 0.3) is 0 Å². The lowest BCUT2D eigenvalue weighted by Gasteiger charge is -2.35. The first-order valence-corrected chi connectivity index (χ1v) is 5.37. The highest BCUT2D eigenvalue weighted by Gasteiger charge is 2.26. The van der Waals surface area contributed by atoms with Gasteiger partial charge < -0.3 is 5.32 Å². The molecule has 0 radical (unpaired) electrons. The maximum Gasteiger partial charge on any atom is 0.00975 e. The molecule has 1 aliphatic rings. The zero-order valence-electron chi connectivity index (χ0n) is 8.93. The van der Waals surface area contributed by atoms with Gasteiger partial charge in [0.2, 0.25) is 0 Å². The van der Waals surface area contributed by atoms with Gasteiger partial charge in [-0.2, -0.15) is 0 Å². The summed E-state index contributed by atoms with van der Waals surface area (Å²) in [6.07, 6.45) is 4.22. The Hall–Kier alpha value is -0.0400. The van der Waals surface area contributed by atoms with Gasteiger partial charge in [-0.3, -0.25) is 0 Å². The van der Waals surface area contributed by atoms with E-state index in [-0.39, 0.29) is 0 Å². The lowest BCUT2D eigenvalue weighted by atomic mass is 9.78. The molecule has 0 unspecified atom stereocenters. The summed E-state index contributed by atoms with van der Waals surface area (Å²) in [6.45, 7) is 9.26. The topological polar surface area (TPSA) is 12.0 Å². The minimum Gasteiger partial charge on any atom is -0.312 e. The lowest BCUT2D eigenvalue weighted by Crippen LogP contribution is -2.43. The maximum atomic E-state index is 3.66. The van der Waals surface area contributed by atoms with Crippen molar-refractivity contribution in [3.05, 3.63) is 0 Å². The van der Waals surface area contributed by atoms with E-state index in [4.69, 9.17) is 0 Å². The van der Waals surface area contributed by atoms with Crippen molar-refractivity contribution in [1.29, 1.82) is 0 Å². The van der Waals surface area contributed by atoms with Gasteiger partial charge in [-0.05, 0) is 18.3 Å². The molecule has 1 fully saturated rings. The van der Waals surface area contributed by atoms with Crippen molar-refractivity contribution in [2.75, 3.05) is 0 Å². The molecule has 12 heavy (non-hydrogen) atoms. The molecule has 0 aromatic rings. The number of hydrogen-bond donors (Lipinski definition) is 1. The van der Waals surface area contributed by atoms with Gasteiger partial charge in [0.1, 0.15) is 0 Å². The molecule has 1 N–H and O–H groups in total. The van der Waals surface area contributed by atoms with Crippen molar-refractivity contribution in [3.8, 4) is 0 Å². The van der Waals surface area contributed by atoms with Crippen LogP contribution in [0.15, 0.2) is 0 Å². The molecule has 0 bridgehead atoms. The molecular formula is C11H23N. The molecule has 0 spiro atoms. The van der Waals surface area contributed by atoms with E-state index in [0.29, 0.717) is 6.04 Å².